The van der Waals surface area contributed by atoms with Crippen LogP contribution in [0.4, 0.5) is 11.5 Å². The average Bonchev–Trinajstić information content (AvgIpc) is 3.30. The van der Waals surface area contributed by atoms with Gasteiger partial charge in [-0.25, -0.2) is 9.97 Å². The summed E-state index contributed by atoms with van der Waals surface area (Å²) in [7, 11) is 0. The van der Waals surface area contributed by atoms with Crippen LogP contribution in [0.1, 0.15) is 25.0 Å². The molecule has 2 N–H and O–H groups in total. The molecule has 1 aromatic heterocycles. The number of anilines is 2. The highest BCUT2D eigenvalue weighted by atomic mass is 16.5. The molecule has 2 heterocycles. The molecule has 1 amide bonds. The van der Waals surface area contributed by atoms with E-state index in [1.54, 1.807) is 0 Å². The molecule has 7 heteroatoms. The largest absolute Gasteiger partial charge is 0.483 e. The molecular weight excluding hydrogens is 426 g/mol. The molecule has 0 unspecified atom stereocenters. The molecule has 3 aromatic carbocycles. The molecule has 0 fully saturated rings. The van der Waals surface area contributed by atoms with Crippen LogP contribution in [0.5, 0.6) is 5.75 Å². The number of para-hydroxylation sites is 2. The van der Waals surface area contributed by atoms with Crippen LogP contribution in [0.2, 0.25) is 0 Å². The first-order valence-corrected chi connectivity index (χ1v) is 11.2. The maximum atomic E-state index is 12.1. The number of hydrogen-bond acceptors (Lipinski definition) is 6. The van der Waals surface area contributed by atoms with Crippen molar-refractivity contribution in [1.29, 1.82) is 0 Å². The number of aliphatic imine (C=N–C) groups is 1. The number of ether oxygens (including phenoxy) is 1. The van der Waals surface area contributed by atoms with Crippen LogP contribution < -0.4 is 15.4 Å². The van der Waals surface area contributed by atoms with Gasteiger partial charge >= 0.3 is 0 Å². The van der Waals surface area contributed by atoms with Gasteiger partial charge in [-0.05, 0) is 61.4 Å². The lowest BCUT2D eigenvalue weighted by Crippen LogP contribution is -2.34. The zero-order valence-corrected chi connectivity index (χ0v) is 19.1. The smallest absolute Gasteiger partial charge is 0.258 e. The van der Waals surface area contributed by atoms with E-state index in [-0.39, 0.29) is 18.6 Å². The SMILES string of the molecule is CC(C)NC(=O)COc1ccccc1-c1nc(Nc2ccc3c(c2)C=NC3)c2ccccc2n1. The number of carbonyl (C=O) groups excluding carboxylic acids is 1. The third-order valence-corrected chi connectivity index (χ3v) is 5.44. The topological polar surface area (TPSA) is 88.5 Å². The normalized spacial score (nSPS) is 12.1. The number of carbonyl (C=O) groups is 1. The molecule has 4 aromatic rings. The summed E-state index contributed by atoms with van der Waals surface area (Å²) in [6.45, 7) is 4.47. The van der Waals surface area contributed by atoms with Crippen molar-refractivity contribution < 1.29 is 9.53 Å². The third kappa shape index (κ3) is 4.59. The van der Waals surface area contributed by atoms with Crippen molar-refractivity contribution in [2.45, 2.75) is 26.4 Å². The Bertz CT molecular complexity index is 1400. The molecule has 1 aliphatic heterocycles. The Morgan fingerprint density at radius 3 is 2.74 bits per heavy atom. The summed E-state index contributed by atoms with van der Waals surface area (Å²) in [5, 5.41) is 7.21. The molecule has 0 spiro atoms. The van der Waals surface area contributed by atoms with E-state index in [0.717, 1.165) is 34.3 Å². The maximum absolute atomic E-state index is 12.1. The first-order chi connectivity index (χ1) is 16.6. The zero-order chi connectivity index (χ0) is 23.5. The summed E-state index contributed by atoms with van der Waals surface area (Å²) in [6.07, 6.45) is 1.90. The monoisotopic (exact) mass is 451 g/mol. The van der Waals surface area contributed by atoms with Crippen molar-refractivity contribution in [2.24, 2.45) is 4.99 Å². The van der Waals surface area contributed by atoms with Crippen LogP contribution in [0.25, 0.3) is 22.3 Å². The van der Waals surface area contributed by atoms with Crippen LogP contribution in [0, 0.1) is 0 Å². The first kappa shape index (κ1) is 21.6. The Morgan fingerprint density at radius 2 is 1.85 bits per heavy atom. The molecule has 170 valence electrons. The van der Waals surface area contributed by atoms with Gasteiger partial charge in [0.15, 0.2) is 12.4 Å². The van der Waals surface area contributed by atoms with Crippen LogP contribution in [-0.4, -0.2) is 34.7 Å². The Kier molecular flexibility index (Phi) is 5.91. The van der Waals surface area contributed by atoms with Crippen LogP contribution in [0.15, 0.2) is 71.7 Å². The summed E-state index contributed by atoms with van der Waals surface area (Å²) in [5.74, 6) is 1.59. The van der Waals surface area contributed by atoms with Gasteiger partial charge in [0, 0.05) is 23.3 Å². The van der Waals surface area contributed by atoms with E-state index < -0.39 is 0 Å². The highest BCUT2D eigenvalue weighted by Gasteiger charge is 2.15. The highest BCUT2D eigenvalue weighted by Crippen LogP contribution is 2.32. The minimum atomic E-state index is -0.174. The second-order valence-corrected chi connectivity index (χ2v) is 8.43. The maximum Gasteiger partial charge on any atom is 0.258 e. The second kappa shape index (κ2) is 9.31. The Labute approximate surface area is 197 Å². The fourth-order valence-corrected chi connectivity index (χ4v) is 3.89. The molecule has 1 aliphatic rings. The van der Waals surface area contributed by atoms with Gasteiger partial charge in [-0.1, -0.05) is 30.3 Å². The number of benzene rings is 3. The Balaban J connectivity index is 1.50. The number of amides is 1. The van der Waals surface area contributed by atoms with E-state index in [2.05, 4.69) is 27.8 Å². The summed E-state index contributed by atoms with van der Waals surface area (Å²) in [4.78, 5) is 26.1. The van der Waals surface area contributed by atoms with E-state index in [4.69, 9.17) is 14.7 Å². The van der Waals surface area contributed by atoms with E-state index in [0.29, 0.717) is 17.4 Å². The quantitative estimate of drug-likeness (QED) is 0.418. The lowest BCUT2D eigenvalue weighted by molar-refractivity contribution is -0.123. The van der Waals surface area contributed by atoms with Crippen molar-refractivity contribution in [3.8, 4) is 17.1 Å². The van der Waals surface area contributed by atoms with Gasteiger partial charge in [0.05, 0.1) is 17.6 Å². The minimum absolute atomic E-state index is 0.0503. The molecule has 7 nitrogen and oxygen atoms in total. The van der Waals surface area contributed by atoms with Gasteiger partial charge in [-0.2, -0.15) is 0 Å². The number of nitrogens with zero attached hydrogens (tertiary/aromatic N) is 3. The van der Waals surface area contributed by atoms with Gasteiger partial charge in [0.1, 0.15) is 11.6 Å². The number of fused-ring (bicyclic) bond motifs is 2. The molecule has 34 heavy (non-hydrogen) atoms. The zero-order valence-electron chi connectivity index (χ0n) is 19.1. The molecular formula is C27H25N5O2. The summed E-state index contributed by atoms with van der Waals surface area (Å²) in [6, 6.07) is 21.6. The predicted molar refractivity (Wildman–Crippen MR) is 135 cm³/mol. The molecule has 0 saturated heterocycles. The second-order valence-electron chi connectivity index (χ2n) is 8.43. The predicted octanol–water partition coefficient (Wildman–Crippen LogP) is 4.88. The summed E-state index contributed by atoms with van der Waals surface area (Å²) < 4.78 is 5.85. The van der Waals surface area contributed by atoms with Gasteiger partial charge < -0.3 is 15.4 Å². The van der Waals surface area contributed by atoms with Crippen molar-refractivity contribution in [3.05, 3.63) is 77.9 Å². The lowest BCUT2D eigenvalue weighted by atomic mass is 10.1. The Hall–Kier alpha value is -4.26. The molecule has 0 bridgehead atoms. The van der Waals surface area contributed by atoms with E-state index in [1.165, 1.54) is 5.56 Å². The molecule has 5 rings (SSSR count). The van der Waals surface area contributed by atoms with Gasteiger partial charge in [0.2, 0.25) is 0 Å². The van der Waals surface area contributed by atoms with Gasteiger partial charge in [0.25, 0.3) is 5.91 Å². The number of hydrogen-bond donors (Lipinski definition) is 2. The standard InChI is InChI=1S/C27H25N5O2/c1-17(2)29-25(33)16-34-24-10-6-4-8-22(24)27-31-23-9-5-3-7-21(23)26(32-27)30-20-12-11-18-14-28-15-19(18)13-20/h3-13,15,17H,14,16H2,1-2H3,(H,29,33)(H,30,31,32). The average molecular weight is 452 g/mol. The van der Waals surface area contributed by atoms with Crippen LogP contribution in [0.3, 0.4) is 0 Å². The van der Waals surface area contributed by atoms with Crippen molar-refractivity contribution in [1.82, 2.24) is 15.3 Å². The van der Waals surface area contributed by atoms with Crippen LogP contribution >= 0.6 is 0 Å². The fraction of sp³-hybridized carbons (Fsp3) is 0.185. The molecule has 0 atom stereocenters. The fourth-order valence-electron chi connectivity index (χ4n) is 3.89. The minimum Gasteiger partial charge on any atom is -0.483 e. The number of nitrogens with one attached hydrogen (secondary N) is 2. The molecule has 0 aliphatic carbocycles. The van der Waals surface area contributed by atoms with Crippen LogP contribution in [-0.2, 0) is 11.3 Å². The number of rotatable bonds is 7. The van der Waals surface area contributed by atoms with Gasteiger partial charge in [-0.3, -0.25) is 9.79 Å². The first-order valence-electron chi connectivity index (χ1n) is 11.2. The van der Waals surface area contributed by atoms with Gasteiger partial charge in [-0.15, -0.1) is 0 Å². The third-order valence-electron chi connectivity index (χ3n) is 5.44. The number of aromatic nitrogens is 2. The van der Waals surface area contributed by atoms with Crippen molar-refractivity contribution in [2.75, 3.05) is 11.9 Å². The van der Waals surface area contributed by atoms with E-state index in [1.807, 2.05) is 74.7 Å². The molecule has 0 saturated carbocycles. The van der Waals surface area contributed by atoms with E-state index in [9.17, 15) is 4.79 Å². The summed E-state index contributed by atoms with van der Waals surface area (Å²) >= 11 is 0. The van der Waals surface area contributed by atoms with Crippen molar-refractivity contribution in [3.63, 3.8) is 0 Å². The molecule has 0 radical (unpaired) electrons. The van der Waals surface area contributed by atoms with Crippen molar-refractivity contribution >= 4 is 34.5 Å². The van der Waals surface area contributed by atoms with E-state index >= 15 is 0 Å². The highest BCUT2D eigenvalue weighted by molar-refractivity contribution is 5.93. The summed E-state index contributed by atoms with van der Waals surface area (Å²) in [5.41, 5.74) is 4.78. The lowest BCUT2D eigenvalue weighted by Gasteiger charge is -2.14. The Morgan fingerprint density at radius 1 is 1.03 bits per heavy atom.